The number of thioether (sulfide) groups is 1. The van der Waals surface area contributed by atoms with Gasteiger partial charge in [-0.15, -0.1) is 0 Å². The lowest BCUT2D eigenvalue weighted by Gasteiger charge is -2.21. The Morgan fingerprint density at radius 1 is 1.23 bits per heavy atom. The van der Waals surface area contributed by atoms with Crippen LogP contribution in [0.4, 0.5) is 5.69 Å². The molecule has 0 aromatic heterocycles. The van der Waals surface area contributed by atoms with Gasteiger partial charge in [0.25, 0.3) is 5.91 Å². The average molecular weight is 422 g/mol. The van der Waals surface area contributed by atoms with E-state index < -0.39 is 11.2 Å². The number of para-hydroxylation sites is 1. The molecule has 0 bridgehead atoms. The number of benzene rings is 2. The average Bonchev–Trinajstić information content (AvgIpc) is 3.09. The fourth-order valence-corrected chi connectivity index (χ4v) is 4.64. The van der Waals surface area contributed by atoms with E-state index in [1.165, 1.54) is 23.7 Å². The predicted molar refractivity (Wildman–Crippen MR) is 118 cm³/mol. The number of nitrogens with zero attached hydrogens (tertiary/aromatic N) is 2. The molecule has 0 radical (unpaired) electrons. The van der Waals surface area contributed by atoms with E-state index in [1.807, 2.05) is 61.5 Å². The Balaban J connectivity index is 2.05. The normalized spacial score (nSPS) is 17.5. The number of methoxy groups -OCH3 is 1. The van der Waals surface area contributed by atoms with Gasteiger partial charge in [-0.1, -0.05) is 49.0 Å². The molecule has 0 saturated carbocycles. The van der Waals surface area contributed by atoms with Gasteiger partial charge >= 0.3 is 0 Å². The second-order valence-corrected chi connectivity index (χ2v) is 7.88. The third kappa shape index (κ3) is 4.19. The maximum absolute atomic E-state index is 13.4. The second-order valence-electron chi connectivity index (χ2n) is 6.69. The molecule has 6 nitrogen and oxygen atoms in total. The summed E-state index contributed by atoms with van der Waals surface area (Å²) in [5, 5.41) is 12.1. The van der Waals surface area contributed by atoms with Crippen LogP contribution >= 0.6 is 11.8 Å². The number of nitriles is 1. The van der Waals surface area contributed by atoms with E-state index in [1.54, 1.807) is 7.11 Å². The highest BCUT2D eigenvalue weighted by molar-refractivity contribution is 8.05. The Bertz CT molecular complexity index is 1020. The van der Waals surface area contributed by atoms with Crippen LogP contribution in [0.2, 0.25) is 0 Å². The summed E-state index contributed by atoms with van der Waals surface area (Å²) in [5.41, 5.74) is 2.61. The summed E-state index contributed by atoms with van der Waals surface area (Å²) in [6, 6.07) is 17.1. The van der Waals surface area contributed by atoms with Gasteiger partial charge in [0.2, 0.25) is 5.91 Å². The van der Waals surface area contributed by atoms with Crippen molar-refractivity contribution in [3.63, 3.8) is 0 Å². The van der Waals surface area contributed by atoms with Crippen molar-refractivity contribution in [1.82, 2.24) is 5.32 Å². The van der Waals surface area contributed by atoms with Gasteiger partial charge in [0.1, 0.15) is 22.4 Å². The first-order valence-corrected chi connectivity index (χ1v) is 10.5. The topological polar surface area (TPSA) is 82.4 Å². The number of carbonyl (C=O) groups is 2. The quantitative estimate of drug-likeness (QED) is 0.571. The van der Waals surface area contributed by atoms with Crippen molar-refractivity contribution in [2.24, 2.45) is 0 Å². The summed E-state index contributed by atoms with van der Waals surface area (Å²) in [4.78, 5) is 27.3. The first kappa shape index (κ1) is 21.5. The van der Waals surface area contributed by atoms with Crippen LogP contribution in [-0.4, -0.2) is 31.2 Å². The molecule has 2 aromatic rings. The van der Waals surface area contributed by atoms with Crippen molar-refractivity contribution in [3.8, 4) is 11.8 Å². The largest absolute Gasteiger partial charge is 0.497 e. The predicted octanol–water partition coefficient (Wildman–Crippen LogP) is 3.43. The number of aryl methyl sites for hydroxylation is 1. The van der Waals surface area contributed by atoms with Crippen molar-refractivity contribution >= 4 is 29.3 Å². The number of amides is 2. The zero-order valence-electron chi connectivity index (χ0n) is 17.1. The van der Waals surface area contributed by atoms with Crippen LogP contribution < -0.4 is 15.0 Å². The third-order valence-electron chi connectivity index (χ3n) is 4.93. The smallest absolute Gasteiger partial charge is 0.264 e. The molecule has 2 aromatic carbocycles. The summed E-state index contributed by atoms with van der Waals surface area (Å²) in [5.74, 6) is 0.106. The van der Waals surface area contributed by atoms with Gasteiger partial charge < -0.3 is 10.1 Å². The number of hydrogen-bond acceptors (Lipinski definition) is 5. The van der Waals surface area contributed by atoms with Crippen molar-refractivity contribution in [1.29, 1.82) is 5.26 Å². The van der Waals surface area contributed by atoms with E-state index in [2.05, 4.69) is 5.32 Å². The molecule has 1 aliphatic rings. The standard InChI is InChI=1S/C23H23N3O3S/c1-4-16-7-5-6-8-19(16)26-22(28)20(13-15-9-11-17(29-3)12-10-15)30-23(26)18(14-24)21(27)25-2/h5-12,20H,4,13H2,1-3H3,(H,25,27)/b23-18+/t20-/m1/s1. The van der Waals surface area contributed by atoms with E-state index in [9.17, 15) is 14.9 Å². The van der Waals surface area contributed by atoms with Gasteiger partial charge in [-0.2, -0.15) is 5.26 Å². The maximum atomic E-state index is 13.4. The van der Waals surface area contributed by atoms with Crippen LogP contribution in [-0.2, 0) is 22.4 Å². The number of carbonyl (C=O) groups excluding carboxylic acids is 2. The fraction of sp³-hybridized carbons (Fsp3) is 0.261. The molecule has 7 heteroatoms. The molecule has 2 amide bonds. The highest BCUT2D eigenvalue weighted by Crippen LogP contribution is 2.43. The molecule has 1 heterocycles. The van der Waals surface area contributed by atoms with E-state index >= 15 is 0 Å². The second kappa shape index (κ2) is 9.51. The number of likely N-dealkylation sites (N-methyl/N-ethyl adjacent to an activating group) is 1. The molecule has 1 aliphatic heterocycles. The van der Waals surface area contributed by atoms with Crippen molar-refractivity contribution in [3.05, 3.63) is 70.3 Å². The zero-order valence-corrected chi connectivity index (χ0v) is 18.0. The minimum Gasteiger partial charge on any atom is -0.497 e. The van der Waals surface area contributed by atoms with Crippen molar-refractivity contribution < 1.29 is 14.3 Å². The summed E-state index contributed by atoms with van der Waals surface area (Å²) in [6.07, 6.45) is 1.21. The molecule has 1 atom stereocenters. The Hall–Kier alpha value is -3.24. The molecule has 0 unspecified atom stereocenters. The number of anilines is 1. The van der Waals surface area contributed by atoms with Gasteiger partial charge in [0, 0.05) is 7.05 Å². The molecular weight excluding hydrogens is 398 g/mol. The first-order chi connectivity index (χ1) is 14.5. The molecule has 0 aliphatic carbocycles. The molecule has 1 fully saturated rings. The summed E-state index contributed by atoms with van der Waals surface area (Å²) < 4.78 is 5.19. The number of rotatable bonds is 6. The van der Waals surface area contributed by atoms with Gasteiger partial charge in [0.05, 0.1) is 18.0 Å². The molecule has 1 saturated heterocycles. The Morgan fingerprint density at radius 2 is 1.93 bits per heavy atom. The van der Waals surface area contributed by atoms with Crippen LogP contribution in [0.25, 0.3) is 0 Å². The fourth-order valence-electron chi connectivity index (χ4n) is 3.33. The van der Waals surface area contributed by atoms with Crippen LogP contribution in [0, 0.1) is 11.3 Å². The van der Waals surface area contributed by atoms with Crippen LogP contribution in [0.3, 0.4) is 0 Å². The molecule has 1 N–H and O–H groups in total. The monoisotopic (exact) mass is 421 g/mol. The zero-order chi connectivity index (χ0) is 21.7. The van der Waals surface area contributed by atoms with Gasteiger partial charge in [0.15, 0.2) is 0 Å². The molecular formula is C23H23N3O3S. The number of ether oxygens (including phenoxy) is 1. The Labute approximate surface area is 180 Å². The highest BCUT2D eigenvalue weighted by Gasteiger charge is 2.41. The van der Waals surface area contributed by atoms with Crippen LogP contribution in [0.1, 0.15) is 18.1 Å². The number of nitrogens with one attached hydrogen (secondary N) is 1. The lowest BCUT2D eigenvalue weighted by molar-refractivity contribution is -0.117. The van der Waals surface area contributed by atoms with Gasteiger partial charge in [-0.05, 0) is 42.2 Å². The van der Waals surface area contributed by atoms with Crippen LogP contribution in [0.5, 0.6) is 5.75 Å². The minimum absolute atomic E-state index is 0.0565. The summed E-state index contributed by atoms with van der Waals surface area (Å²) in [6.45, 7) is 2.01. The van der Waals surface area contributed by atoms with E-state index in [0.717, 1.165) is 23.3 Å². The van der Waals surface area contributed by atoms with E-state index in [4.69, 9.17) is 4.74 Å². The first-order valence-electron chi connectivity index (χ1n) is 9.61. The molecule has 0 spiro atoms. The van der Waals surface area contributed by atoms with E-state index in [-0.39, 0.29) is 11.5 Å². The molecule has 3 rings (SSSR count). The lowest BCUT2D eigenvalue weighted by atomic mass is 10.1. The summed E-state index contributed by atoms with van der Waals surface area (Å²) >= 11 is 1.26. The Morgan fingerprint density at radius 3 is 2.53 bits per heavy atom. The highest BCUT2D eigenvalue weighted by atomic mass is 32.2. The Kier molecular flexibility index (Phi) is 6.80. The van der Waals surface area contributed by atoms with Crippen molar-refractivity contribution in [2.75, 3.05) is 19.1 Å². The van der Waals surface area contributed by atoms with Gasteiger partial charge in [-0.3, -0.25) is 14.5 Å². The molecule has 30 heavy (non-hydrogen) atoms. The molecule has 154 valence electrons. The van der Waals surface area contributed by atoms with E-state index in [0.29, 0.717) is 17.1 Å². The summed E-state index contributed by atoms with van der Waals surface area (Å²) in [7, 11) is 3.08. The third-order valence-corrected chi connectivity index (χ3v) is 6.19. The number of hydrogen-bond donors (Lipinski definition) is 1. The van der Waals surface area contributed by atoms with Crippen LogP contribution in [0.15, 0.2) is 59.1 Å². The minimum atomic E-state index is -0.503. The SMILES string of the molecule is CCc1ccccc1N1C(=O)[C@@H](Cc2ccc(OC)cc2)S/C1=C(\C#N)C(=O)NC. The maximum Gasteiger partial charge on any atom is 0.264 e. The van der Waals surface area contributed by atoms with Gasteiger partial charge in [-0.25, -0.2) is 0 Å². The van der Waals surface area contributed by atoms with Crippen molar-refractivity contribution in [2.45, 2.75) is 25.0 Å². The lowest BCUT2D eigenvalue weighted by Crippen LogP contribution is -2.32.